The van der Waals surface area contributed by atoms with Gasteiger partial charge in [-0.3, -0.25) is 4.79 Å². The molecule has 2 fully saturated rings. The normalized spacial score (nSPS) is 21.5. The van der Waals surface area contributed by atoms with E-state index in [1.165, 1.54) is 25.7 Å². The molecular weight excluding hydrogens is 306 g/mol. The van der Waals surface area contributed by atoms with Gasteiger partial charge >= 0.3 is 0 Å². The van der Waals surface area contributed by atoms with Gasteiger partial charge in [-0.25, -0.2) is 0 Å². The SMILES string of the molecule is C=CCC(=O)N1CCC(c2nc(CCOCC3CCCC3)no2)C1. The summed E-state index contributed by atoms with van der Waals surface area (Å²) in [5.41, 5.74) is 0. The van der Waals surface area contributed by atoms with Gasteiger partial charge in [0.25, 0.3) is 0 Å². The third-order valence-electron chi connectivity index (χ3n) is 4.99. The Bertz CT molecular complexity index is 551. The lowest BCUT2D eigenvalue weighted by Crippen LogP contribution is -2.27. The highest BCUT2D eigenvalue weighted by atomic mass is 16.5. The van der Waals surface area contributed by atoms with Crippen molar-refractivity contribution in [3.63, 3.8) is 0 Å². The minimum atomic E-state index is 0.118. The summed E-state index contributed by atoms with van der Waals surface area (Å²) in [5, 5.41) is 4.05. The van der Waals surface area contributed by atoms with E-state index >= 15 is 0 Å². The Morgan fingerprint density at radius 3 is 3.00 bits per heavy atom. The van der Waals surface area contributed by atoms with E-state index in [9.17, 15) is 4.79 Å². The molecule has 1 aromatic heterocycles. The van der Waals surface area contributed by atoms with Crippen molar-refractivity contribution in [2.75, 3.05) is 26.3 Å². The maximum atomic E-state index is 11.9. The molecule has 6 nitrogen and oxygen atoms in total. The second-order valence-corrected chi connectivity index (χ2v) is 6.84. The molecule has 1 aliphatic carbocycles. The van der Waals surface area contributed by atoms with Crippen molar-refractivity contribution in [3.8, 4) is 0 Å². The molecule has 1 saturated heterocycles. The molecule has 1 aromatic rings. The smallest absolute Gasteiger partial charge is 0.231 e. The summed E-state index contributed by atoms with van der Waals surface area (Å²) in [5.74, 6) is 2.36. The molecule has 1 aliphatic heterocycles. The van der Waals surface area contributed by atoms with Crippen molar-refractivity contribution < 1.29 is 14.1 Å². The number of hydrogen-bond donors (Lipinski definition) is 0. The van der Waals surface area contributed by atoms with E-state index in [0.717, 1.165) is 25.5 Å². The highest BCUT2D eigenvalue weighted by molar-refractivity contribution is 5.77. The lowest BCUT2D eigenvalue weighted by atomic mass is 10.1. The second kappa shape index (κ2) is 8.42. The van der Waals surface area contributed by atoms with E-state index in [-0.39, 0.29) is 11.8 Å². The largest absolute Gasteiger partial charge is 0.381 e. The van der Waals surface area contributed by atoms with Crippen molar-refractivity contribution in [3.05, 3.63) is 24.4 Å². The molecule has 1 saturated carbocycles. The number of likely N-dealkylation sites (tertiary alicyclic amines) is 1. The Kier molecular flexibility index (Phi) is 6.01. The number of amides is 1. The Hall–Kier alpha value is -1.69. The number of carbonyl (C=O) groups is 1. The number of rotatable bonds is 8. The first-order valence-corrected chi connectivity index (χ1v) is 9.05. The predicted molar refractivity (Wildman–Crippen MR) is 89.5 cm³/mol. The topological polar surface area (TPSA) is 68.5 Å². The zero-order chi connectivity index (χ0) is 16.8. The molecule has 0 bridgehead atoms. The number of nitrogens with zero attached hydrogens (tertiary/aromatic N) is 3. The van der Waals surface area contributed by atoms with Crippen LogP contribution in [0.2, 0.25) is 0 Å². The first-order chi connectivity index (χ1) is 11.8. The van der Waals surface area contributed by atoms with E-state index < -0.39 is 0 Å². The van der Waals surface area contributed by atoms with Crippen LogP contribution >= 0.6 is 0 Å². The lowest BCUT2D eigenvalue weighted by molar-refractivity contribution is -0.129. The van der Waals surface area contributed by atoms with Crippen molar-refractivity contribution >= 4 is 5.91 Å². The van der Waals surface area contributed by atoms with Crippen LogP contribution in [-0.4, -0.2) is 47.3 Å². The van der Waals surface area contributed by atoms with Crippen molar-refractivity contribution in [2.24, 2.45) is 5.92 Å². The maximum absolute atomic E-state index is 11.9. The molecule has 0 spiro atoms. The first-order valence-electron chi connectivity index (χ1n) is 9.05. The predicted octanol–water partition coefficient (Wildman–Crippen LogP) is 2.71. The average Bonchev–Trinajstić information content (AvgIpc) is 3.31. The monoisotopic (exact) mass is 333 g/mol. The molecule has 3 rings (SSSR count). The van der Waals surface area contributed by atoms with Gasteiger partial charge < -0.3 is 14.2 Å². The second-order valence-electron chi connectivity index (χ2n) is 6.84. The van der Waals surface area contributed by atoms with Crippen LogP contribution in [0.25, 0.3) is 0 Å². The van der Waals surface area contributed by atoms with Gasteiger partial charge in [-0.1, -0.05) is 24.1 Å². The average molecular weight is 333 g/mol. The number of ether oxygens (including phenoxy) is 1. The van der Waals surface area contributed by atoms with Gasteiger partial charge in [0, 0.05) is 32.5 Å². The number of carbonyl (C=O) groups excluding carboxylic acids is 1. The van der Waals surface area contributed by atoms with Gasteiger partial charge in [-0.2, -0.15) is 4.98 Å². The number of aromatic nitrogens is 2. The van der Waals surface area contributed by atoms with E-state index in [1.807, 2.05) is 4.90 Å². The third-order valence-corrected chi connectivity index (χ3v) is 4.99. The standard InChI is InChI=1S/C18H27N3O3/c1-2-5-17(22)21-10-8-15(12-21)18-19-16(20-24-18)9-11-23-13-14-6-3-4-7-14/h2,14-15H,1,3-13H2. The molecule has 1 atom stereocenters. The zero-order valence-corrected chi connectivity index (χ0v) is 14.3. The quantitative estimate of drug-likeness (QED) is 0.540. The molecule has 1 amide bonds. The van der Waals surface area contributed by atoms with Gasteiger partial charge in [0.15, 0.2) is 5.82 Å². The van der Waals surface area contributed by atoms with E-state index in [2.05, 4.69) is 16.7 Å². The van der Waals surface area contributed by atoms with Crippen LogP contribution in [0, 0.1) is 5.92 Å². The Morgan fingerprint density at radius 2 is 2.21 bits per heavy atom. The van der Waals surface area contributed by atoms with Gasteiger partial charge in [0.2, 0.25) is 11.8 Å². The van der Waals surface area contributed by atoms with Crippen molar-refractivity contribution in [2.45, 2.75) is 50.9 Å². The summed E-state index contributed by atoms with van der Waals surface area (Å²) >= 11 is 0. The van der Waals surface area contributed by atoms with Crippen LogP contribution in [-0.2, 0) is 16.0 Å². The minimum Gasteiger partial charge on any atom is -0.381 e. The highest BCUT2D eigenvalue weighted by Gasteiger charge is 2.30. The molecular formula is C18H27N3O3. The fourth-order valence-corrected chi connectivity index (χ4v) is 3.57. The fraction of sp³-hybridized carbons (Fsp3) is 0.722. The first kappa shape index (κ1) is 17.1. The van der Waals surface area contributed by atoms with Crippen LogP contribution in [0.3, 0.4) is 0 Å². The van der Waals surface area contributed by atoms with Crippen molar-refractivity contribution in [1.82, 2.24) is 15.0 Å². The summed E-state index contributed by atoms with van der Waals surface area (Å²) in [4.78, 5) is 18.2. The Labute approximate surface area is 143 Å². The van der Waals surface area contributed by atoms with Gasteiger partial charge in [-0.15, -0.1) is 6.58 Å². The van der Waals surface area contributed by atoms with Gasteiger partial charge in [0.05, 0.1) is 12.5 Å². The van der Waals surface area contributed by atoms with Gasteiger partial charge in [0.1, 0.15) is 0 Å². The van der Waals surface area contributed by atoms with Crippen LogP contribution in [0.15, 0.2) is 17.2 Å². The Morgan fingerprint density at radius 1 is 1.38 bits per heavy atom. The number of hydrogen-bond acceptors (Lipinski definition) is 5. The Balaban J connectivity index is 1.40. The highest BCUT2D eigenvalue weighted by Crippen LogP contribution is 2.27. The fourth-order valence-electron chi connectivity index (χ4n) is 3.57. The molecule has 0 N–H and O–H groups in total. The maximum Gasteiger partial charge on any atom is 0.231 e. The van der Waals surface area contributed by atoms with Crippen LogP contribution in [0.1, 0.15) is 56.2 Å². The molecule has 132 valence electrons. The lowest BCUT2D eigenvalue weighted by Gasteiger charge is -2.14. The molecule has 24 heavy (non-hydrogen) atoms. The van der Waals surface area contributed by atoms with E-state index in [0.29, 0.717) is 37.7 Å². The molecule has 0 aromatic carbocycles. The zero-order valence-electron chi connectivity index (χ0n) is 14.3. The summed E-state index contributed by atoms with van der Waals surface area (Å²) in [6.45, 7) is 6.52. The van der Waals surface area contributed by atoms with Gasteiger partial charge in [-0.05, 0) is 25.2 Å². The summed E-state index contributed by atoms with van der Waals surface area (Å²) in [6, 6.07) is 0. The molecule has 2 heterocycles. The van der Waals surface area contributed by atoms with Crippen molar-refractivity contribution in [1.29, 1.82) is 0 Å². The molecule has 1 unspecified atom stereocenters. The van der Waals surface area contributed by atoms with Crippen LogP contribution in [0.4, 0.5) is 0 Å². The van der Waals surface area contributed by atoms with E-state index in [4.69, 9.17) is 9.26 Å². The summed E-state index contributed by atoms with van der Waals surface area (Å²) in [6.07, 6.45) is 8.88. The van der Waals surface area contributed by atoms with E-state index in [1.54, 1.807) is 6.08 Å². The van der Waals surface area contributed by atoms with Crippen LogP contribution in [0.5, 0.6) is 0 Å². The molecule has 6 heteroatoms. The minimum absolute atomic E-state index is 0.118. The molecule has 2 aliphatic rings. The third kappa shape index (κ3) is 4.44. The summed E-state index contributed by atoms with van der Waals surface area (Å²) in [7, 11) is 0. The summed E-state index contributed by atoms with van der Waals surface area (Å²) < 4.78 is 11.1. The van der Waals surface area contributed by atoms with Crippen LogP contribution < -0.4 is 0 Å². The molecule has 0 radical (unpaired) electrons.